The minimum Gasteiger partial charge on any atom is -0.368 e. The molecule has 0 N–H and O–H groups in total. The highest BCUT2D eigenvalue weighted by Gasteiger charge is 2.33. The second-order valence-electron chi connectivity index (χ2n) is 2.64. The van der Waals surface area contributed by atoms with Crippen molar-refractivity contribution < 1.29 is 4.74 Å². The molecule has 0 aromatic rings. The van der Waals surface area contributed by atoms with Gasteiger partial charge in [0.1, 0.15) is 0 Å². The lowest BCUT2D eigenvalue weighted by atomic mass is 10.3. The van der Waals surface area contributed by atoms with Crippen LogP contribution in [0.4, 0.5) is 0 Å². The summed E-state index contributed by atoms with van der Waals surface area (Å²) < 4.78 is 5.19. The highest BCUT2D eigenvalue weighted by atomic mass is 16.6. The quantitative estimate of drug-likeness (QED) is 0.545. The smallest absolute Gasteiger partial charge is 0.0965 e. The Kier molecular flexibility index (Phi) is 4.65. The van der Waals surface area contributed by atoms with E-state index in [0.29, 0.717) is 12.2 Å². The second-order valence-corrected chi connectivity index (χ2v) is 2.64. The summed E-state index contributed by atoms with van der Waals surface area (Å²) in [6.45, 7) is 7.18. The molecule has 1 aliphatic rings. The standard InChI is InChI=1S/C6H13NO.C2H6/c1-5-6(8-5)4-7(2)3;1-2/h5-6H,4H2,1-3H3;1-2H3. The normalized spacial score (nSPS) is 29.4. The summed E-state index contributed by atoms with van der Waals surface area (Å²) in [5, 5.41) is 0. The fourth-order valence-electron chi connectivity index (χ4n) is 0.782. The average molecular weight is 145 g/mol. The lowest BCUT2D eigenvalue weighted by molar-refractivity contribution is 0.316. The van der Waals surface area contributed by atoms with Gasteiger partial charge in [0.05, 0.1) is 12.2 Å². The Morgan fingerprint density at radius 1 is 1.30 bits per heavy atom. The summed E-state index contributed by atoms with van der Waals surface area (Å²) in [5.74, 6) is 0. The summed E-state index contributed by atoms with van der Waals surface area (Å²) in [5.41, 5.74) is 0. The third-order valence-electron chi connectivity index (χ3n) is 1.38. The van der Waals surface area contributed by atoms with Crippen molar-refractivity contribution in [3.63, 3.8) is 0 Å². The molecular formula is C8H19NO. The molecule has 1 heterocycles. The predicted octanol–water partition coefficient (Wildman–Crippen LogP) is 1.36. The number of ether oxygens (including phenoxy) is 1. The maximum atomic E-state index is 5.19. The minimum atomic E-state index is 0.511. The first kappa shape index (κ1) is 9.92. The lowest BCUT2D eigenvalue weighted by Crippen LogP contribution is -2.18. The van der Waals surface area contributed by atoms with Crippen LogP contribution in [0.15, 0.2) is 0 Å². The molecule has 2 atom stereocenters. The van der Waals surface area contributed by atoms with E-state index < -0.39 is 0 Å². The fourth-order valence-corrected chi connectivity index (χ4v) is 0.782. The van der Waals surface area contributed by atoms with Crippen LogP contribution in [-0.4, -0.2) is 37.7 Å². The van der Waals surface area contributed by atoms with Crippen LogP contribution in [0, 0.1) is 0 Å². The summed E-state index contributed by atoms with van der Waals surface area (Å²) in [4.78, 5) is 2.15. The molecule has 2 nitrogen and oxygen atoms in total. The molecule has 0 spiro atoms. The van der Waals surface area contributed by atoms with E-state index in [-0.39, 0.29) is 0 Å². The van der Waals surface area contributed by atoms with Gasteiger partial charge in [-0.3, -0.25) is 0 Å². The van der Waals surface area contributed by atoms with Crippen LogP contribution in [0.2, 0.25) is 0 Å². The summed E-state index contributed by atoms with van der Waals surface area (Å²) in [7, 11) is 4.13. The zero-order valence-electron chi connectivity index (χ0n) is 7.72. The molecule has 1 saturated heterocycles. The second kappa shape index (κ2) is 4.69. The number of hydrogen-bond donors (Lipinski definition) is 0. The average Bonchev–Trinajstić information content (AvgIpc) is 2.51. The van der Waals surface area contributed by atoms with Gasteiger partial charge >= 0.3 is 0 Å². The first-order valence-corrected chi connectivity index (χ1v) is 4.00. The fraction of sp³-hybridized carbons (Fsp3) is 1.00. The number of hydrogen-bond acceptors (Lipinski definition) is 2. The zero-order valence-corrected chi connectivity index (χ0v) is 7.72. The van der Waals surface area contributed by atoms with Crippen molar-refractivity contribution >= 4 is 0 Å². The molecule has 62 valence electrons. The molecule has 0 aromatic carbocycles. The van der Waals surface area contributed by atoms with E-state index in [2.05, 4.69) is 25.9 Å². The summed E-state index contributed by atoms with van der Waals surface area (Å²) >= 11 is 0. The van der Waals surface area contributed by atoms with Gasteiger partial charge in [0.25, 0.3) is 0 Å². The highest BCUT2D eigenvalue weighted by molar-refractivity contribution is 4.81. The Morgan fingerprint density at radius 2 is 1.70 bits per heavy atom. The van der Waals surface area contributed by atoms with Gasteiger partial charge in [0, 0.05) is 6.54 Å². The molecule has 2 heteroatoms. The third kappa shape index (κ3) is 3.85. The van der Waals surface area contributed by atoms with E-state index in [1.807, 2.05) is 13.8 Å². The largest absolute Gasteiger partial charge is 0.368 e. The van der Waals surface area contributed by atoms with Crippen molar-refractivity contribution in [3.05, 3.63) is 0 Å². The molecule has 0 amide bonds. The van der Waals surface area contributed by atoms with Crippen molar-refractivity contribution in [1.29, 1.82) is 0 Å². The molecule has 1 rings (SSSR count). The monoisotopic (exact) mass is 145 g/mol. The maximum Gasteiger partial charge on any atom is 0.0965 e. The first-order valence-electron chi connectivity index (χ1n) is 4.00. The zero-order chi connectivity index (χ0) is 8.15. The predicted molar refractivity (Wildman–Crippen MR) is 44.2 cm³/mol. The van der Waals surface area contributed by atoms with E-state index in [1.165, 1.54) is 0 Å². The molecule has 1 fully saturated rings. The molecule has 10 heavy (non-hydrogen) atoms. The Morgan fingerprint density at radius 3 is 1.80 bits per heavy atom. The molecule has 0 radical (unpaired) electrons. The van der Waals surface area contributed by atoms with Gasteiger partial charge in [-0.15, -0.1) is 0 Å². The van der Waals surface area contributed by atoms with Crippen molar-refractivity contribution in [3.8, 4) is 0 Å². The van der Waals surface area contributed by atoms with E-state index in [0.717, 1.165) is 6.54 Å². The van der Waals surface area contributed by atoms with Crippen LogP contribution in [0.5, 0.6) is 0 Å². The van der Waals surface area contributed by atoms with Crippen molar-refractivity contribution in [2.24, 2.45) is 0 Å². The first-order chi connectivity index (χ1) is 4.70. The van der Waals surface area contributed by atoms with E-state index in [1.54, 1.807) is 0 Å². The molecule has 0 aromatic heterocycles. The van der Waals surface area contributed by atoms with Crippen molar-refractivity contribution in [1.82, 2.24) is 4.90 Å². The number of likely N-dealkylation sites (N-methyl/N-ethyl adjacent to an activating group) is 1. The van der Waals surface area contributed by atoms with E-state index in [9.17, 15) is 0 Å². The van der Waals surface area contributed by atoms with Crippen molar-refractivity contribution in [2.45, 2.75) is 33.0 Å². The van der Waals surface area contributed by atoms with E-state index in [4.69, 9.17) is 4.74 Å². The van der Waals surface area contributed by atoms with Gasteiger partial charge in [0.2, 0.25) is 0 Å². The molecular weight excluding hydrogens is 126 g/mol. The number of nitrogens with zero attached hydrogens (tertiary/aromatic N) is 1. The SMILES string of the molecule is CC.CC1OC1CN(C)C. The molecule has 0 aliphatic carbocycles. The van der Waals surface area contributed by atoms with Crippen LogP contribution in [0.25, 0.3) is 0 Å². The van der Waals surface area contributed by atoms with Crippen molar-refractivity contribution in [2.75, 3.05) is 20.6 Å². The van der Waals surface area contributed by atoms with Crippen LogP contribution < -0.4 is 0 Å². The summed E-state index contributed by atoms with van der Waals surface area (Å²) in [6.07, 6.45) is 1.03. The maximum absolute atomic E-state index is 5.19. The summed E-state index contributed by atoms with van der Waals surface area (Å²) in [6, 6.07) is 0. The molecule has 2 unspecified atom stereocenters. The molecule has 0 saturated carbocycles. The van der Waals surface area contributed by atoms with Gasteiger partial charge < -0.3 is 9.64 Å². The third-order valence-corrected chi connectivity index (χ3v) is 1.38. The van der Waals surface area contributed by atoms with E-state index >= 15 is 0 Å². The van der Waals surface area contributed by atoms with Crippen LogP contribution >= 0.6 is 0 Å². The molecule has 1 aliphatic heterocycles. The lowest BCUT2D eigenvalue weighted by Gasteiger charge is -2.04. The minimum absolute atomic E-state index is 0.511. The van der Waals surface area contributed by atoms with Gasteiger partial charge in [0.15, 0.2) is 0 Å². The van der Waals surface area contributed by atoms with Gasteiger partial charge in [-0.25, -0.2) is 0 Å². The Hall–Kier alpha value is -0.0800. The van der Waals surface area contributed by atoms with Gasteiger partial charge in [-0.2, -0.15) is 0 Å². The topological polar surface area (TPSA) is 15.8 Å². The van der Waals surface area contributed by atoms with Crippen LogP contribution in [-0.2, 0) is 4.74 Å². The molecule has 0 bridgehead atoms. The van der Waals surface area contributed by atoms with Gasteiger partial charge in [-0.1, -0.05) is 13.8 Å². The van der Waals surface area contributed by atoms with Gasteiger partial charge in [-0.05, 0) is 21.0 Å². The number of rotatable bonds is 2. The van der Waals surface area contributed by atoms with Crippen LogP contribution in [0.1, 0.15) is 20.8 Å². The Balaban J connectivity index is 0.000000371. The highest BCUT2D eigenvalue weighted by Crippen LogP contribution is 2.20. The number of epoxide rings is 1. The Labute approximate surface area is 64.2 Å². The van der Waals surface area contributed by atoms with Crippen LogP contribution in [0.3, 0.4) is 0 Å². The Bertz CT molecular complexity index is 83.3.